The molecule has 0 aromatic heterocycles. The van der Waals surface area contributed by atoms with E-state index in [1.54, 1.807) is 19.2 Å². The summed E-state index contributed by atoms with van der Waals surface area (Å²) >= 11 is 0. The average Bonchev–Trinajstić information content (AvgIpc) is 3.20. The lowest BCUT2D eigenvalue weighted by atomic mass is 9.87. The molecule has 5 nitrogen and oxygen atoms in total. The van der Waals surface area contributed by atoms with Crippen molar-refractivity contribution >= 4 is 29.9 Å². The van der Waals surface area contributed by atoms with Crippen LogP contribution in [0.3, 0.4) is 0 Å². The summed E-state index contributed by atoms with van der Waals surface area (Å²) in [6, 6.07) is 4.81. The molecule has 2 saturated heterocycles. The number of halogens is 2. The zero-order chi connectivity index (χ0) is 16.3. The minimum absolute atomic E-state index is 0. The number of ether oxygens (including phenoxy) is 1. The Kier molecular flexibility index (Phi) is 6.82. The van der Waals surface area contributed by atoms with E-state index >= 15 is 0 Å². The van der Waals surface area contributed by atoms with Crippen LogP contribution in [0.1, 0.15) is 24.0 Å². The summed E-state index contributed by atoms with van der Waals surface area (Å²) in [5.74, 6) is 0.493. The SMILES string of the molecule is CN=C(NCc1ccc(F)c(CO)c1)N1CCC2(CCOC2)C1.I. The summed E-state index contributed by atoms with van der Waals surface area (Å²) in [7, 11) is 1.78. The van der Waals surface area contributed by atoms with Gasteiger partial charge in [-0.25, -0.2) is 4.39 Å². The van der Waals surface area contributed by atoms with E-state index in [2.05, 4.69) is 15.2 Å². The summed E-state index contributed by atoms with van der Waals surface area (Å²) in [6.07, 6.45) is 2.26. The van der Waals surface area contributed by atoms with E-state index in [9.17, 15) is 4.39 Å². The van der Waals surface area contributed by atoms with Gasteiger partial charge in [-0.2, -0.15) is 0 Å². The van der Waals surface area contributed by atoms with E-state index in [4.69, 9.17) is 9.84 Å². The van der Waals surface area contributed by atoms with Crippen molar-refractivity contribution in [1.29, 1.82) is 0 Å². The maximum Gasteiger partial charge on any atom is 0.193 e. The van der Waals surface area contributed by atoms with E-state index in [0.717, 1.165) is 50.7 Å². The van der Waals surface area contributed by atoms with Crippen LogP contribution in [0.25, 0.3) is 0 Å². The molecule has 0 amide bonds. The molecular weight excluding hydrogens is 424 g/mol. The van der Waals surface area contributed by atoms with Gasteiger partial charge < -0.3 is 20.1 Å². The number of likely N-dealkylation sites (tertiary alicyclic amines) is 1. The van der Waals surface area contributed by atoms with Gasteiger partial charge >= 0.3 is 0 Å². The first-order chi connectivity index (χ1) is 11.2. The van der Waals surface area contributed by atoms with Crippen molar-refractivity contribution in [2.45, 2.75) is 26.0 Å². The molecule has 0 aliphatic carbocycles. The summed E-state index contributed by atoms with van der Waals surface area (Å²) in [5.41, 5.74) is 1.54. The number of benzene rings is 1. The molecule has 7 heteroatoms. The van der Waals surface area contributed by atoms with Crippen LogP contribution < -0.4 is 5.32 Å². The summed E-state index contributed by atoms with van der Waals surface area (Å²) in [5, 5.41) is 12.5. The van der Waals surface area contributed by atoms with Crippen LogP contribution >= 0.6 is 24.0 Å². The Morgan fingerprint density at radius 1 is 1.46 bits per heavy atom. The first-order valence-electron chi connectivity index (χ1n) is 8.07. The standard InChI is InChI=1S/C17H24FN3O2.HI/c1-19-16(21-6-4-17(11-21)5-7-23-12-17)20-9-13-2-3-15(18)14(8-13)10-22;/h2-3,8,22H,4-7,9-12H2,1H3,(H,19,20);1H. The zero-order valence-electron chi connectivity index (χ0n) is 13.9. The monoisotopic (exact) mass is 449 g/mol. The highest BCUT2D eigenvalue weighted by molar-refractivity contribution is 14.0. The normalized spacial score (nSPS) is 23.6. The summed E-state index contributed by atoms with van der Waals surface area (Å²) < 4.78 is 19.0. The molecule has 2 fully saturated rings. The molecule has 0 bridgehead atoms. The molecule has 1 aromatic carbocycles. The highest BCUT2D eigenvalue weighted by Gasteiger charge is 2.42. The molecule has 2 aliphatic rings. The fourth-order valence-electron chi connectivity index (χ4n) is 3.46. The molecule has 24 heavy (non-hydrogen) atoms. The third-order valence-electron chi connectivity index (χ3n) is 4.87. The molecule has 134 valence electrons. The Labute approximate surface area is 159 Å². The van der Waals surface area contributed by atoms with Crippen molar-refractivity contribution < 1.29 is 14.2 Å². The molecule has 1 spiro atoms. The van der Waals surface area contributed by atoms with E-state index in [0.29, 0.717) is 12.1 Å². The van der Waals surface area contributed by atoms with Gasteiger partial charge in [0, 0.05) is 44.3 Å². The first kappa shape index (κ1) is 19.4. The van der Waals surface area contributed by atoms with Crippen molar-refractivity contribution in [3.05, 3.63) is 35.1 Å². The Morgan fingerprint density at radius 2 is 2.29 bits per heavy atom. The lowest BCUT2D eigenvalue weighted by Crippen LogP contribution is -2.41. The Morgan fingerprint density at radius 3 is 2.96 bits per heavy atom. The first-order valence-corrected chi connectivity index (χ1v) is 8.07. The second-order valence-corrected chi connectivity index (χ2v) is 6.46. The zero-order valence-corrected chi connectivity index (χ0v) is 16.3. The van der Waals surface area contributed by atoms with Gasteiger partial charge in [0.15, 0.2) is 5.96 Å². The van der Waals surface area contributed by atoms with Crippen LogP contribution in [-0.2, 0) is 17.9 Å². The van der Waals surface area contributed by atoms with Crippen molar-refractivity contribution in [1.82, 2.24) is 10.2 Å². The van der Waals surface area contributed by atoms with Crippen LogP contribution in [0.2, 0.25) is 0 Å². The van der Waals surface area contributed by atoms with Crippen LogP contribution in [-0.4, -0.2) is 49.3 Å². The number of aliphatic hydroxyl groups excluding tert-OH is 1. The quantitative estimate of drug-likeness (QED) is 0.422. The molecule has 0 saturated carbocycles. The Hall–Kier alpha value is -0.930. The van der Waals surface area contributed by atoms with Crippen LogP contribution in [0, 0.1) is 11.2 Å². The van der Waals surface area contributed by atoms with Crippen LogP contribution in [0.5, 0.6) is 0 Å². The van der Waals surface area contributed by atoms with E-state index in [1.165, 1.54) is 6.07 Å². The van der Waals surface area contributed by atoms with Gasteiger partial charge in [0.1, 0.15) is 5.82 Å². The van der Waals surface area contributed by atoms with Gasteiger partial charge in [0.2, 0.25) is 0 Å². The van der Waals surface area contributed by atoms with E-state index in [-0.39, 0.29) is 41.8 Å². The molecule has 2 heterocycles. The topological polar surface area (TPSA) is 57.1 Å². The second kappa shape index (κ2) is 8.44. The minimum Gasteiger partial charge on any atom is -0.392 e. The number of hydrogen-bond donors (Lipinski definition) is 2. The van der Waals surface area contributed by atoms with Crippen LogP contribution in [0.4, 0.5) is 4.39 Å². The maximum atomic E-state index is 13.4. The predicted octanol–water partition coefficient (Wildman–Crippen LogP) is 2.12. The smallest absolute Gasteiger partial charge is 0.193 e. The number of nitrogens with zero attached hydrogens (tertiary/aromatic N) is 2. The summed E-state index contributed by atoms with van der Waals surface area (Å²) in [6.45, 7) is 3.92. The minimum atomic E-state index is -0.372. The van der Waals surface area contributed by atoms with Crippen molar-refractivity contribution in [3.8, 4) is 0 Å². The second-order valence-electron chi connectivity index (χ2n) is 6.46. The highest BCUT2D eigenvalue weighted by Crippen LogP contribution is 2.38. The predicted molar refractivity (Wildman–Crippen MR) is 102 cm³/mol. The van der Waals surface area contributed by atoms with Gasteiger partial charge in [-0.15, -0.1) is 24.0 Å². The Bertz CT molecular complexity index is 591. The third kappa shape index (κ3) is 4.18. The molecule has 1 atom stereocenters. The van der Waals surface area contributed by atoms with Crippen LogP contribution in [0.15, 0.2) is 23.2 Å². The number of aliphatic hydroxyl groups is 1. The molecular formula is C17H25FIN3O2. The van der Waals surface area contributed by atoms with Crippen molar-refractivity contribution in [2.24, 2.45) is 10.4 Å². The fraction of sp³-hybridized carbons (Fsp3) is 0.588. The van der Waals surface area contributed by atoms with Gasteiger partial charge in [-0.05, 0) is 30.5 Å². The highest BCUT2D eigenvalue weighted by atomic mass is 127. The number of guanidine groups is 1. The average molecular weight is 449 g/mol. The molecule has 2 aliphatic heterocycles. The number of hydrogen-bond acceptors (Lipinski definition) is 3. The van der Waals surface area contributed by atoms with Crippen molar-refractivity contribution in [3.63, 3.8) is 0 Å². The molecule has 3 rings (SSSR count). The fourth-order valence-corrected chi connectivity index (χ4v) is 3.46. The number of aliphatic imine (C=N–C) groups is 1. The molecule has 1 aromatic rings. The van der Waals surface area contributed by atoms with E-state index in [1.807, 2.05) is 0 Å². The van der Waals surface area contributed by atoms with Gasteiger partial charge in [0.25, 0.3) is 0 Å². The molecule has 1 unspecified atom stereocenters. The maximum absolute atomic E-state index is 13.4. The lowest BCUT2D eigenvalue weighted by molar-refractivity contribution is 0.156. The molecule has 0 radical (unpaired) electrons. The molecule has 2 N–H and O–H groups in total. The summed E-state index contributed by atoms with van der Waals surface area (Å²) in [4.78, 5) is 6.64. The van der Waals surface area contributed by atoms with Gasteiger partial charge in [-0.1, -0.05) is 6.07 Å². The van der Waals surface area contributed by atoms with Gasteiger partial charge in [-0.3, -0.25) is 4.99 Å². The van der Waals surface area contributed by atoms with Crippen molar-refractivity contribution in [2.75, 3.05) is 33.4 Å². The third-order valence-corrected chi connectivity index (χ3v) is 4.87. The number of nitrogens with one attached hydrogen (secondary N) is 1. The van der Waals surface area contributed by atoms with E-state index < -0.39 is 0 Å². The number of rotatable bonds is 3. The van der Waals surface area contributed by atoms with Gasteiger partial charge in [0.05, 0.1) is 13.2 Å². The largest absolute Gasteiger partial charge is 0.392 e. The lowest BCUT2D eigenvalue weighted by Gasteiger charge is -2.25. The Balaban J connectivity index is 0.00000208.